The Bertz CT molecular complexity index is 620. The molecule has 0 saturated heterocycles. The number of benzene rings is 1. The van der Waals surface area contributed by atoms with E-state index in [2.05, 4.69) is 38.8 Å². The molecule has 1 aromatic carbocycles. The number of nitrogens with one attached hydrogen (secondary N) is 3. The summed E-state index contributed by atoms with van der Waals surface area (Å²) in [5, 5.41) is 6.36. The van der Waals surface area contributed by atoms with Crippen LogP contribution >= 0.6 is 0 Å². The second kappa shape index (κ2) is 4.62. The van der Waals surface area contributed by atoms with Gasteiger partial charge in [0.2, 0.25) is 0 Å². The molecule has 3 rings (SSSR count). The van der Waals surface area contributed by atoms with Crippen LogP contribution in [0.4, 0.5) is 5.82 Å². The first-order valence-electron chi connectivity index (χ1n) is 5.92. The quantitative estimate of drug-likeness (QED) is 0.750. The Morgan fingerprint density at radius 1 is 1.28 bits per heavy atom. The first-order valence-corrected chi connectivity index (χ1v) is 5.92. The zero-order valence-corrected chi connectivity index (χ0v) is 9.86. The van der Waals surface area contributed by atoms with Crippen molar-refractivity contribution in [1.82, 2.24) is 15.3 Å². The Morgan fingerprint density at radius 3 is 3.06 bits per heavy atom. The lowest BCUT2D eigenvalue weighted by Gasteiger charge is -2.06. The Kier molecular flexibility index (Phi) is 2.82. The van der Waals surface area contributed by atoms with Crippen LogP contribution in [0.25, 0.3) is 0 Å². The predicted molar refractivity (Wildman–Crippen MR) is 69.2 cm³/mol. The fourth-order valence-electron chi connectivity index (χ4n) is 2.12. The van der Waals surface area contributed by atoms with Crippen molar-refractivity contribution in [3.63, 3.8) is 0 Å². The maximum Gasteiger partial charge on any atom is 0.290 e. The molecule has 0 bridgehead atoms. The first-order chi connectivity index (χ1) is 8.83. The van der Waals surface area contributed by atoms with Gasteiger partial charge in [-0.25, -0.2) is 4.98 Å². The van der Waals surface area contributed by atoms with Crippen LogP contribution < -0.4 is 16.2 Å². The van der Waals surface area contributed by atoms with E-state index in [1.165, 1.54) is 17.3 Å². The Balaban J connectivity index is 1.74. The van der Waals surface area contributed by atoms with Crippen molar-refractivity contribution >= 4 is 5.82 Å². The van der Waals surface area contributed by atoms with Crippen LogP contribution in [0.5, 0.6) is 0 Å². The lowest BCUT2D eigenvalue weighted by Crippen LogP contribution is -2.15. The summed E-state index contributed by atoms with van der Waals surface area (Å²) in [6.07, 6.45) is 3.09. The molecular weight excluding hydrogens is 228 g/mol. The van der Waals surface area contributed by atoms with Crippen molar-refractivity contribution in [2.24, 2.45) is 0 Å². The number of H-pyrrole nitrogens is 1. The summed E-state index contributed by atoms with van der Waals surface area (Å²) in [6.45, 7) is 2.48. The van der Waals surface area contributed by atoms with Gasteiger partial charge in [0.15, 0.2) is 5.82 Å². The van der Waals surface area contributed by atoms with Gasteiger partial charge in [0.1, 0.15) is 0 Å². The molecule has 0 atom stereocenters. The number of rotatable bonds is 3. The van der Waals surface area contributed by atoms with E-state index >= 15 is 0 Å². The molecule has 18 heavy (non-hydrogen) atoms. The Hall–Kier alpha value is -2.14. The lowest BCUT2D eigenvalue weighted by molar-refractivity contribution is 0.764. The average molecular weight is 242 g/mol. The van der Waals surface area contributed by atoms with Gasteiger partial charge in [-0.05, 0) is 16.7 Å². The molecule has 3 N–H and O–H groups in total. The van der Waals surface area contributed by atoms with Crippen molar-refractivity contribution in [1.29, 1.82) is 0 Å². The van der Waals surface area contributed by atoms with E-state index < -0.39 is 0 Å². The summed E-state index contributed by atoms with van der Waals surface area (Å²) in [4.78, 5) is 18.0. The fourth-order valence-corrected chi connectivity index (χ4v) is 2.12. The number of fused-ring (bicyclic) bond motifs is 1. The van der Waals surface area contributed by atoms with E-state index in [-0.39, 0.29) is 5.56 Å². The molecule has 2 aromatic rings. The van der Waals surface area contributed by atoms with E-state index in [0.717, 1.165) is 18.7 Å². The molecule has 5 nitrogen and oxygen atoms in total. The van der Waals surface area contributed by atoms with Gasteiger partial charge >= 0.3 is 0 Å². The highest BCUT2D eigenvalue weighted by molar-refractivity contribution is 5.37. The summed E-state index contributed by atoms with van der Waals surface area (Å²) in [5.41, 5.74) is 3.65. The number of hydrogen-bond donors (Lipinski definition) is 3. The minimum Gasteiger partial charge on any atom is -0.361 e. The van der Waals surface area contributed by atoms with Crippen LogP contribution in [0.15, 0.2) is 35.4 Å². The summed E-state index contributed by atoms with van der Waals surface area (Å²) in [7, 11) is 0. The van der Waals surface area contributed by atoms with Crippen molar-refractivity contribution in [2.45, 2.75) is 19.6 Å². The van der Waals surface area contributed by atoms with Crippen LogP contribution in [0.1, 0.15) is 16.7 Å². The van der Waals surface area contributed by atoms with Gasteiger partial charge in [0.25, 0.3) is 5.56 Å². The summed E-state index contributed by atoms with van der Waals surface area (Å²) in [5.74, 6) is 0.358. The standard InChI is InChI=1S/C13H14N4O/c18-13-12(15-3-4-16-13)17-6-9-1-2-10-7-14-8-11(10)5-9/h1-5,14H,6-8H2,(H,15,17)(H,16,18). The van der Waals surface area contributed by atoms with Crippen molar-refractivity contribution < 1.29 is 0 Å². The molecule has 0 saturated carbocycles. The van der Waals surface area contributed by atoms with Gasteiger partial charge in [-0.2, -0.15) is 0 Å². The zero-order valence-electron chi connectivity index (χ0n) is 9.86. The SMILES string of the molecule is O=c1[nH]ccnc1NCc1ccc2c(c1)CNC2. The van der Waals surface area contributed by atoms with Gasteiger partial charge in [-0.15, -0.1) is 0 Å². The van der Waals surface area contributed by atoms with E-state index in [9.17, 15) is 4.79 Å². The van der Waals surface area contributed by atoms with E-state index in [4.69, 9.17) is 0 Å². The Labute approximate surface area is 104 Å². The van der Waals surface area contributed by atoms with Crippen LogP contribution in [0.3, 0.4) is 0 Å². The van der Waals surface area contributed by atoms with E-state index in [1.807, 2.05) is 0 Å². The van der Waals surface area contributed by atoms with E-state index in [1.54, 1.807) is 6.20 Å². The maximum absolute atomic E-state index is 11.4. The van der Waals surface area contributed by atoms with Crippen LogP contribution in [0.2, 0.25) is 0 Å². The van der Waals surface area contributed by atoms with E-state index in [0.29, 0.717) is 12.4 Å². The van der Waals surface area contributed by atoms with Crippen LogP contribution in [0, 0.1) is 0 Å². The van der Waals surface area contributed by atoms with Crippen molar-refractivity contribution in [3.05, 3.63) is 57.6 Å². The smallest absolute Gasteiger partial charge is 0.290 e. The van der Waals surface area contributed by atoms with Crippen molar-refractivity contribution in [2.75, 3.05) is 5.32 Å². The highest BCUT2D eigenvalue weighted by atomic mass is 16.1. The summed E-state index contributed by atoms with van der Waals surface area (Å²) in [6, 6.07) is 6.38. The van der Waals surface area contributed by atoms with Gasteiger partial charge in [0, 0.05) is 32.0 Å². The minimum absolute atomic E-state index is 0.194. The second-order valence-electron chi connectivity index (χ2n) is 4.33. The number of aromatic amines is 1. The molecule has 1 aromatic heterocycles. The maximum atomic E-state index is 11.4. The molecular formula is C13H14N4O. The largest absolute Gasteiger partial charge is 0.361 e. The number of anilines is 1. The first kappa shape index (κ1) is 11.0. The Morgan fingerprint density at radius 2 is 2.17 bits per heavy atom. The predicted octanol–water partition coefficient (Wildman–Crippen LogP) is 0.985. The second-order valence-corrected chi connectivity index (χ2v) is 4.33. The van der Waals surface area contributed by atoms with Gasteiger partial charge in [-0.1, -0.05) is 18.2 Å². The number of hydrogen-bond acceptors (Lipinski definition) is 4. The third kappa shape index (κ3) is 2.12. The molecule has 0 aliphatic carbocycles. The zero-order chi connectivity index (χ0) is 12.4. The number of aromatic nitrogens is 2. The van der Waals surface area contributed by atoms with Crippen molar-refractivity contribution in [3.8, 4) is 0 Å². The normalized spacial score (nSPS) is 13.3. The molecule has 1 aliphatic rings. The van der Waals surface area contributed by atoms with Gasteiger partial charge in [-0.3, -0.25) is 4.79 Å². The molecule has 2 heterocycles. The third-order valence-corrected chi connectivity index (χ3v) is 3.07. The van der Waals surface area contributed by atoms with Gasteiger partial charge in [0.05, 0.1) is 0 Å². The minimum atomic E-state index is -0.194. The number of nitrogens with zero attached hydrogens (tertiary/aromatic N) is 1. The molecule has 92 valence electrons. The molecule has 0 amide bonds. The highest BCUT2D eigenvalue weighted by Gasteiger charge is 2.10. The molecule has 5 heteroatoms. The topological polar surface area (TPSA) is 69.8 Å². The third-order valence-electron chi connectivity index (χ3n) is 3.07. The summed E-state index contributed by atoms with van der Waals surface area (Å²) >= 11 is 0. The van der Waals surface area contributed by atoms with Crippen LogP contribution in [-0.4, -0.2) is 9.97 Å². The molecule has 0 radical (unpaired) electrons. The van der Waals surface area contributed by atoms with Gasteiger partial charge < -0.3 is 15.6 Å². The molecule has 0 unspecified atom stereocenters. The fraction of sp³-hybridized carbons (Fsp3) is 0.231. The molecule has 1 aliphatic heterocycles. The highest BCUT2D eigenvalue weighted by Crippen LogP contribution is 2.17. The lowest BCUT2D eigenvalue weighted by atomic mass is 10.1. The average Bonchev–Trinajstić information content (AvgIpc) is 2.85. The molecule has 0 spiro atoms. The monoisotopic (exact) mass is 242 g/mol. The van der Waals surface area contributed by atoms with Crippen LogP contribution in [-0.2, 0) is 19.6 Å². The molecule has 0 fully saturated rings. The summed E-state index contributed by atoms with van der Waals surface area (Å²) < 4.78 is 0.